The van der Waals surface area contributed by atoms with Gasteiger partial charge in [0.15, 0.2) is 5.78 Å². The van der Waals surface area contributed by atoms with Crippen molar-refractivity contribution in [2.75, 3.05) is 6.54 Å². The molecule has 0 aliphatic rings. The van der Waals surface area contributed by atoms with Crippen LogP contribution < -0.4 is 5.32 Å². The molecule has 1 aromatic heterocycles. The first kappa shape index (κ1) is 16.9. The van der Waals surface area contributed by atoms with Crippen molar-refractivity contribution in [3.63, 3.8) is 0 Å². The molecule has 1 aromatic carbocycles. The molecule has 2 aromatic rings. The molecular weight excluding hydrogens is 301 g/mol. The van der Waals surface area contributed by atoms with E-state index in [9.17, 15) is 19.1 Å². The number of amides is 1. The maximum atomic E-state index is 12.8. The summed E-state index contributed by atoms with van der Waals surface area (Å²) in [4.78, 5) is 23.7. The van der Waals surface area contributed by atoms with Gasteiger partial charge in [0.1, 0.15) is 17.2 Å². The third-order valence-electron chi connectivity index (χ3n) is 3.43. The first-order chi connectivity index (χ1) is 10.9. The van der Waals surface area contributed by atoms with Crippen molar-refractivity contribution < 1.29 is 23.5 Å². The van der Waals surface area contributed by atoms with E-state index < -0.39 is 11.4 Å². The largest absolute Gasteiger partial charge is 0.466 e. The molecule has 122 valence electrons. The summed E-state index contributed by atoms with van der Waals surface area (Å²) in [6, 6.07) is 8.44. The number of ketones is 1. The van der Waals surface area contributed by atoms with Gasteiger partial charge >= 0.3 is 0 Å². The molecule has 6 heteroatoms. The van der Waals surface area contributed by atoms with Gasteiger partial charge < -0.3 is 14.8 Å². The average Bonchev–Trinajstić information content (AvgIpc) is 3.06. The Bertz CT molecular complexity index is 662. The zero-order chi connectivity index (χ0) is 16.9. The first-order valence-corrected chi connectivity index (χ1v) is 7.20. The maximum absolute atomic E-state index is 12.8. The van der Waals surface area contributed by atoms with Gasteiger partial charge in [0.25, 0.3) is 0 Å². The number of benzene rings is 1. The summed E-state index contributed by atoms with van der Waals surface area (Å²) in [7, 11) is 0. The number of carbonyl (C=O) groups excluding carboxylic acids is 2. The monoisotopic (exact) mass is 319 g/mol. The van der Waals surface area contributed by atoms with E-state index in [4.69, 9.17) is 4.42 Å². The van der Waals surface area contributed by atoms with Crippen LogP contribution in [-0.4, -0.2) is 23.3 Å². The van der Waals surface area contributed by atoms with Crippen molar-refractivity contribution in [1.29, 1.82) is 0 Å². The Hall–Kier alpha value is -2.47. The van der Waals surface area contributed by atoms with E-state index in [0.29, 0.717) is 11.3 Å². The van der Waals surface area contributed by atoms with Crippen LogP contribution in [-0.2, 0) is 10.4 Å². The molecule has 1 amide bonds. The summed E-state index contributed by atoms with van der Waals surface area (Å²) in [5, 5.41) is 12.8. The Morgan fingerprint density at radius 1 is 1.22 bits per heavy atom. The molecular formula is C17H18FNO4. The van der Waals surface area contributed by atoms with Gasteiger partial charge in [-0.05, 0) is 43.3 Å². The number of Topliss-reactive ketones (excluding diaryl/α,β-unsaturated/α-hetero) is 1. The van der Waals surface area contributed by atoms with Crippen molar-refractivity contribution in [2.45, 2.75) is 25.4 Å². The minimum absolute atomic E-state index is 0.00948. The van der Waals surface area contributed by atoms with Crippen molar-refractivity contribution >= 4 is 11.7 Å². The predicted molar refractivity (Wildman–Crippen MR) is 81.3 cm³/mol. The fourth-order valence-electron chi connectivity index (χ4n) is 2.04. The molecule has 23 heavy (non-hydrogen) atoms. The Morgan fingerprint density at radius 2 is 1.91 bits per heavy atom. The molecule has 0 fully saturated rings. The van der Waals surface area contributed by atoms with Crippen LogP contribution >= 0.6 is 0 Å². The van der Waals surface area contributed by atoms with Crippen molar-refractivity contribution in [3.05, 3.63) is 59.8 Å². The van der Waals surface area contributed by atoms with E-state index in [1.807, 2.05) is 0 Å². The lowest BCUT2D eigenvalue weighted by Gasteiger charge is -2.21. The summed E-state index contributed by atoms with van der Waals surface area (Å²) in [5.41, 5.74) is -0.957. The number of furan rings is 1. The Labute approximate surface area is 133 Å². The van der Waals surface area contributed by atoms with Gasteiger partial charge in [-0.1, -0.05) is 0 Å². The number of nitrogens with one attached hydrogen (secondary N) is 1. The summed E-state index contributed by atoms with van der Waals surface area (Å²) < 4.78 is 17.9. The lowest BCUT2D eigenvalue weighted by molar-refractivity contribution is -0.122. The van der Waals surface area contributed by atoms with Crippen molar-refractivity contribution in [3.8, 4) is 0 Å². The molecule has 0 aliphatic carbocycles. The second-order valence-electron chi connectivity index (χ2n) is 5.46. The summed E-state index contributed by atoms with van der Waals surface area (Å²) in [6.45, 7) is 1.50. The predicted octanol–water partition coefficient (Wildman–Crippen LogP) is 2.41. The van der Waals surface area contributed by atoms with Gasteiger partial charge in [-0.25, -0.2) is 4.39 Å². The van der Waals surface area contributed by atoms with Gasteiger partial charge in [0.2, 0.25) is 5.91 Å². The number of aliphatic hydroxyl groups is 1. The number of hydrogen-bond donors (Lipinski definition) is 2. The van der Waals surface area contributed by atoms with Crippen LogP contribution in [0.25, 0.3) is 0 Å². The number of hydrogen-bond acceptors (Lipinski definition) is 4. The minimum atomic E-state index is -1.32. The first-order valence-electron chi connectivity index (χ1n) is 7.20. The Kier molecular flexibility index (Phi) is 5.28. The Balaban J connectivity index is 1.79. The highest BCUT2D eigenvalue weighted by Gasteiger charge is 2.26. The lowest BCUT2D eigenvalue weighted by atomic mass is 10.0. The minimum Gasteiger partial charge on any atom is -0.466 e. The van der Waals surface area contributed by atoms with Crippen LogP contribution in [0.15, 0.2) is 47.1 Å². The zero-order valence-corrected chi connectivity index (χ0v) is 12.7. The van der Waals surface area contributed by atoms with Crippen molar-refractivity contribution in [2.24, 2.45) is 0 Å². The van der Waals surface area contributed by atoms with E-state index in [0.717, 1.165) is 0 Å². The zero-order valence-electron chi connectivity index (χ0n) is 12.7. The highest BCUT2D eigenvalue weighted by molar-refractivity contribution is 5.97. The quantitative estimate of drug-likeness (QED) is 0.768. The van der Waals surface area contributed by atoms with Gasteiger partial charge in [-0.2, -0.15) is 0 Å². The third-order valence-corrected chi connectivity index (χ3v) is 3.43. The van der Waals surface area contributed by atoms with E-state index in [2.05, 4.69) is 5.32 Å². The Morgan fingerprint density at radius 3 is 2.52 bits per heavy atom. The molecule has 0 aliphatic heterocycles. The fraction of sp³-hybridized carbons (Fsp3) is 0.294. The molecule has 2 rings (SSSR count). The number of halogens is 1. The van der Waals surface area contributed by atoms with E-state index in [-0.39, 0.29) is 31.1 Å². The van der Waals surface area contributed by atoms with Crippen LogP contribution in [0.3, 0.4) is 0 Å². The lowest BCUT2D eigenvalue weighted by Crippen LogP contribution is -2.38. The summed E-state index contributed by atoms with van der Waals surface area (Å²) in [6.07, 6.45) is 1.44. The summed E-state index contributed by atoms with van der Waals surface area (Å²) >= 11 is 0. The molecule has 0 bridgehead atoms. The molecule has 1 atom stereocenters. The topological polar surface area (TPSA) is 79.5 Å². The second-order valence-corrected chi connectivity index (χ2v) is 5.46. The molecule has 1 heterocycles. The standard InChI is InChI=1S/C17H18FNO4/c1-17(22,15-3-2-10-23-15)11-19-16(21)9-8-14(20)12-4-6-13(18)7-5-12/h2-7,10,22H,8-9,11H2,1H3,(H,19,21). The fourth-order valence-corrected chi connectivity index (χ4v) is 2.04. The second kappa shape index (κ2) is 7.19. The third kappa shape index (κ3) is 4.75. The van der Waals surface area contributed by atoms with Gasteiger partial charge in [-0.15, -0.1) is 0 Å². The van der Waals surface area contributed by atoms with E-state index in [1.54, 1.807) is 12.1 Å². The molecule has 2 N–H and O–H groups in total. The number of rotatable bonds is 7. The highest BCUT2D eigenvalue weighted by Crippen LogP contribution is 2.19. The van der Waals surface area contributed by atoms with Crippen LogP contribution in [0.1, 0.15) is 35.9 Å². The van der Waals surface area contributed by atoms with E-state index in [1.165, 1.54) is 37.5 Å². The van der Waals surface area contributed by atoms with Gasteiger partial charge in [-0.3, -0.25) is 9.59 Å². The van der Waals surface area contributed by atoms with Gasteiger partial charge in [0, 0.05) is 18.4 Å². The smallest absolute Gasteiger partial charge is 0.220 e. The molecule has 0 saturated heterocycles. The molecule has 0 radical (unpaired) electrons. The van der Waals surface area contributed by atoms with Crippen molar-refractivity contribution in [1.82, 2.24) is 5.32 Å². The van der Waals surface area contributed by atoms with Crippen LogP contribution in [0.5, 0.6) is 0 Å². The number of carbonyl (C=O) groups is 2. The van der Waals surface area contributed by atoms with E-state index >= 15 is 0 Å². The van der Waals surface area contributed by atoms with Crippen LogP contribution in [0.2, 0.25) is 0 Å². The molecule has 1 unspecified atom stereocenters. The normalized spacial score (nSPS) is 13.3. The summed E-state index contributed by atoms with van der Waals surface area (Å²) in [5.74, 6) is -0.662. The average molecular weight is 319 g/mol. The molecule has 5 nitrogen and oxygen atoms in total. The van der Waals surface area contributed by atoms with Crippen LogP contribution in [0.4, 0.5) is 4.39 Å². The SMILES string of the molecule is CC(O)(CNC(=O)CCC(=O)c1ccc(F)cc1)c1ccco1. The molecule has 0 spiro atoms. The van der Waals surface area contributed by atoms with Gasteiger partial charge in [0.05, 0.1) is 12.8 Å². The molecule has 0 saturated carbocycles. The maximum Gasteiger partial charge on any atom is 0.220 e. The van der Waals surface area contributed by atoms with Crippen LogP contribution in [0, 0.1) is 5.82 Å². The highest BCUT2D eigenvalue weighted by atomic mass is 19.1.